The molecule has 0 fully saturated rings. The van der Waals surface area contributed by atoms with Gasteiger partial charge in [-0.05, 0) is 44.6 Å². The van der Waals surface area contributed by atoms with Crippen molar-refractivity contribution in [3.8, 4) is 10.6 Å². The van der Waals surface area contributed by atoms with Crippen LogP contribution in [0.15, 0.2) is 16.5 Å². The summed E-state index contributed by atoms with van der Waals surface area (Å²) < 4.78 is 5.60. The summed E-state index contributed by atoms with van der Waals surface area (Å²) in [5.74, 6) is -1.01. The summed E-state index contributed by atoms with van der Waals surface area (Å²) in [6, 6.07) is 0. The Morgan fingerprint density at radius 3 is 2.70 bits per heavy atom. The Hall–Kier alpha value is -1.83. The Morgan fingerprint density at radius 2 is 2.00 bits per heavy atom. The number of hydrogen-bond donors (Lipinski definition) is 1. The van der Waals surface area contributed by atoms with Crippen LogP contribution in [0.5, 0.6) is 0 Å². The predicted octanol–water partition coefficient (Wildman–Crippen LogP) is 4.32. The van der Waals surface area contributed by atoms with Crippen molar-refractivity contribution in [1.29, 1.82) is 0 Å². The molecule has 0 radical (unpaired) electrons. The minimum Gasteiger partial charge on any atom is -0.478 e. The number of allylic oxidation sites excluding steroid dienone is 1. The normalized spacial score (nSPS) is 17.1. The monoisotopic (exact) mass is 403 g/mol. The Kier molecular flexibility index (Phi) is 5.25. The number of aliphatic carboxylic acids is 1. The molecule has 2 aromatic rings. The molecule has 2 aliphatic rings. The van der Waals surface area contributed by atoms with Gasteiger partial charge in [0.15, 0.2) is 5.78 Å². The van der Waals surface area contributed by atoms with Gasteiger partial charge in [0.05, 0.1) is 13.2 Å². The van der Waals surface area contributed by atoms with Gasteiger partial charge in [0.2, 0.25) is 0 Å². The van der Waals surface area contributed by atoms with E-state index in [0.29, 0.717) is 37.2 Å². The van der Waals surface area contributed by atoms with E-state index in [1.807, 2.05) is 12.3 Å². The SMILES string of the molecule is Cc1csc(-c2c(CC(=O)C3=C(C(=O)O)CCCC3)sc3c2CCOC3)n1. The fourth-order valence-corrected chi connectivity index (χ4v) is 6.09. The third-order valence-electron chi connectivity index (χ3n) is 5.11. The van der Waals surface area contributed by atoms with Crippen LogP contribution < -0.4 is 0 Å². The molecule has 0 amide bonds. The number of thiazole rings is 1. The average Bonchev–Trinajstić information content (AvgIpc) is 3.24. The molecule has 27 heavy (non-hydrogen) atoms. The molecule has 3 heterocycles. The molecule has 0 saturated heterocycles. The number of aromatic nitrogens is 1. The number of ketones is 1. The van der Waals surface area contributed by atoms with E-state index in [0.717, 1.165) is 40.4 Å². The van der Waals surface area contributed by atoms with E-state index in [2.05, 4.69) is 4.98 Å². The maximum atomic E-state index is 13.0. The summed E-state index contributed by atoms with van der Waals surface area (Å²) in [4.78, 5) is 31.4. The predicted molar refractivity (Wildman–Crippen MR) is 105 cm³/mol. The second-order valence-corrected chi connectivity index (χ2v) is 9.02. The lowest BCUT2D eigenvalue weighted by Crippen LogP contribution is -2.17. The number of aryl methyl sites for hydroxylation is 1. The highest BCUT2D eigenvalue weighted by Crippen LogP contribution is 2.41. The van der Waals surface area contributed by atoms with Crippen LogP contribution in [0.1, 0.15) is 46.7 Å². The van der Waals surface area contributed by atoms with E-state index in [4.69, 9.17) is 4.74 Å². The first-order valence-electron chi connectivity index (χ1n) is 9.16. The highest BCUT2D eigenvalue weighted by atomic mass is 32.1. The van der Waals surface area contributed by atoms with Gasteiger partial charge < -0.3 is 9.84 Å². The zero-order chi connectivity index (χ0) is 19.0. The fourth-order valence-electron chi connectivity index (χ4n) is 3.83. The third kappa shape index (κ3) is 3.63. The molecule has 142 valence electrons. The molecule has 2 aromatic heterocycles. The molecule has 0 aromatic carbocycles. The van der Waals surface area contributed by atoms with Crippen molar-refractivity contribution < 1.29 is 19.4 Å². The standard InChI is InChI=1S/C20H21NO4S2/c1-11-10-26-19(21-11)18-14-6-7-25-9-17(14)27-16(18)8-15(22)12-4-2-3-5-13(12)20(23)24/h10H,2-9H2,1H3,(H,23,24). The lowest BCUT2D eigenvalue weighted by atomic mass is 9.87. The number of thiophene rings is 1. The van der Waals surface area contributed by atoms with Gasteiger partial charge >= 0.3 is 5.97 Å². The zero-order valence-corrected chi connectivity index (χ0v) is 16.8. The molecule has 1 aliphatic heterocycles. The van der Waals surface area contributed by atoms with E-state index in [1.54, 1.807) is 22.7 Å². The van der Waals surface area contributed by atoms with E-state index >= 15 is 0 Å². The van der Waals surface area contributed by atoms with Crippen LogP contribution in [0.2, 0.25) is 0 Å². The second-order valence-electron chi connectivity index (χ2n) is 6.97. The number of ether oxygens (including phenoxy) is 1. The number of rotatable bonds is 5. The molecular formula is C20H21NO4S2. The first-order chi connectivity index (χ1) is 13.0. The lowest BCUT2D eigenvalue weighted by molar-refractivity contribution is -0.133. The summed E-state index contributed by atoms with van der Waals surface area (Å²) in [5, 5.41) is 12.4. The number of carbonyl (C=O) groups is 2. The first kappa shape index (κ1) is 18.5. The summed E-state index contributed by atoms with van der Waals surface area (Å²) >= 11 is 3.22. The van der Waals surface area contributed by atoms with Gasteiger partial charge in [-0.3, -0.25) is 4.79 Å². The Balaban J connectivity index is 1.73. The van der Waals surface area contributed by atoms with Crippen LogP contribution in [0.25, 0.3) is 10.6 Å². The molecule has 0 atom stereocenters. The van der Waals surface area contributed by atoms with Crippen molar-refractivity contribution in [2.75, 3.05) is 6.61 Å². The topological polar surface area (TPSA) is 76.5 Å². The molecule has 5 nitrogen and oxygen atoms in total. The smallest absolute Gasteiger partial charge is 0.331 e. The molecular weight excluding hydrogens is 382 g/mol. The summed E-state index contributed by atoms with van der Waals surface area (Å²) in [6.07, 6.45) is 3.86. The number of carboxylic acid groups (broad SMARTS) is 1. The van der Waals surface area contributed by atoms with Gasteiger partial charge in [-0.25, -0.2) is 9.78 Å². The van der Waals surface area contributed by atoms with Gasteiger partial charge in [-0.2, -0.15) is 0 Å². The average molecular weight is 404 g/mol. The van der Waals surface area contributed by atoms with Crippen molar-refractivity contribution in [2.24, 2.45) is 0 Å². The molecule has 1 N–H and O–H groups in total. The van der Waals surface area contributed by atoms with Crippen LogP contribution in [0.3, 0.4) is 0 Å². The first-order valence-corrected chi connectivity index (χ1v) is 10.9. The highest BCUT2D eigenvalue weighted by molar-refractivity contribution is 7.15. The van der Waals surface area contributed by atoms with Crippen LogP contribution in [-0.4, -0.2) is 28.4 Å². The van der Waals surface area contributed by atoms with E-state index in [9.17, 15) is 14.7 Å². The molecule has 7 heteroatoms. The lowest BCUT2D eigenvalue weighted by Gasteiger charge is -2.16. The molecule has 0 unspecified atom stereocenters. The summed E-state index contributed by atoms with van der Waals surface area (Å²) in [7, 11) is 0. The van der Waals surface area contributed by atoms with Gasteiger partial charge in [0.1, 0.15) is 5.01 Å². The van der Waals surface area contributed by atoms with E-state index in [-0.39, 0.29) is 12.2 Å². The molecule has 0 saturated carbocycles. The summed E-state index contributed by atoms with van der Waals surface area (Å²) in [6.45, 7) is 3.23. The number of fused-ring (bicyclic) bond motifs is 1. The Bertz CT molecular complexity index is 938. The summed E-state index contributed by atoms with van der Waals surface area (Å²) in [5.41, 5.74) is 4.13. The Labute approximate surface area is 165 Å². The quantitative estimate of drug-likeness (QED) is 0.805. The highest BCUT2D eigenvalue weighted by Gasteiger charge is 2.28. The van der Waals surface area contributed by atoms with Gasteiger partial charge in [0.25, 0.3) is 0 Å². The van der Waals surface area contributed by atoms with Crippen molar-refractivity contribution in [1.82, 2.24) is 4.98 Å². The van der Waals surface area contributed by atoms with Crippen molar-refractivity contribution in [2.45, 2.75) is 52.1 Å². The largest absolute Gasteiger partial charge is 0.478 e. The molecule has 0 bridgehead atoms. The maximum Gasteiger partial charge on any atom is 0.331 e. The van der Waals surface area contributed by atoms with Crippen LogP contribution in [0, 0.1) is 6.92 Å². The number of nitrogens with zero attached hydrogens (tertiary/aromatic N) is 1. The number of carboxylic acids is 1. The minimum atomic E-state index is -0.951. The molecule has 1 aliphatic carbocycles. The molecule has 4 rings (SSSR count). The van der Waals surface area contributed by atoms with Crippen molar-refractivity contribution >= 4 is 34.4 Å². The van der Waals surface area contributed by atoms with Crippen LogP contribution >= 0.6 is 22.7 Å². The maximum absolute atomic E-state index is 13.0. The number of hydrogen-bond acceptors (Lipinski definition) is 6. The van der Waals surface area contributed by atoms with Gasteiger partial charge in [-0.1, -0.05) is 0 Å². The van der Waals surface area contributed by atoms with Crippen LogP contribution in [0.4, 0.5) is 0 Å². The van der Waals surface area contributed by atoms with Crippen molar-refractivity contribution in [3.05, 3.63) is 37.5 Å². The fraction of sp³-hybridized carbons (Fsp3) is 0.450. The third-order valence-corrected chi connectivity index (χ3v) is 7.29. The zero-order valence-electron chi connectivity index (χ0n) is 15.2. The van der Waals surface area contributed by atoms with Gasteiger partial charge in [-0.15, -0.1) is 22.7 Å². The number of Topliss-reactive ketones (excluding diaryl/α,β-unsaturated/α-hetero) is 1. The van der Waals surface area contributed by atoms with E-state index < -0.39 is 5.97 Å². The number of carbonyl (C=O) groups excluding carboxylic acids is 1. The van der Waals surface area contributed by atoms with Crippen LogP contribution in [-0.2, 0) is 33.8 Å². The van der Waals surface area contributed by atoms with Gasteiger partial charge in [0, 0.05) is 44.0 Å². The minimum absolute atomic E-state index is 0.0545. The van der Waals surface area contributed by atoms with Crippen molar-refractivity contribution in [3.63, 3.8) is 0 Å². The van der Waals surface area contributed by atoms with E-state index in [1.165, 1.54) is 10.4 Å². The second kappa shape index (κ2) is 7.66. The Morgan fingerprint density at radius 1 is 1.22 bits per heavy atom. The molecule has 0 spiro atoms.